The summed E-state index contributed by atoms with van der Waals surface area (Å²) in [6, 6.07) is 19.3. The summed E-state index contributed by atoms with van der Waals surface area (Å²) < 4.78 is 20.3. The van der Waals surface area contributed by atoms with Gasteiger partial charge >= 0.3 is 5.97 Å². The highest BCUT2D eigenvalue weighted by Gasteiger charge is 2.36. The molecule has 11 heteroatoms. The van der Waals surface area contributed by atoms with Crippen molar-refractivity contribution < 1.29 is 19.0 Å². The van der Waals surface area contributed by atoms with E-state index in [-0.39, 0.29) is 5.41 Å². The van der Waals surface area contributed by atoms with Crippen molar-refractivity contribution in [3.63, 3.8) is 0 Å². The molecule has 1 aromatic heterocycles. The summed E-state index contributed by atoms with van der Waals surface area (Å²) in [7, 11) is 1.60. The van der Waals surface area contributed by atoms with Crippen LogP contribution in [-0.4, -0.2) is 34.5 Å². The Balaban J connectivity index is 1.47. The van der Waals surface area contributed by atoms with Crippen molar-refractivity contribution in [2.45, 2.75) is 76.4 Å². The van der Waals surface area contributed by atoms with Crippen LogP contribution < -0.4 is 14.8 Å². The third-order valence-corrected chi connectivity index (χ3v) is 9.71. The molecule has 1 aliphatic rings. The molecule has 0 saturated carbocycles. The molecule has 0 radical (unpaired) electrons. The van der Waals surface area contributed by atoms with Gasteiger partial charge in [-0.1, -0.05) is 99.9 Å². The molecule has 3 aromatic carbocycles. The quantitative estimate of drug-likeness (QED) is 0.0874. The highest BCUT2D eigenvalue weighted by Crippen LogP contribution is 2.44. The van der Waals surface area contributed by atoms with Crippen LogP contribution in [0, 0.1) is 0 Å². The van der Waals surface area contributed by atoms with Crippen molar-refractivity contribution in [3.8, 4) is 11.5 Å². The lowest BCUT2D eigenvalue weighted by Crippen LogP contribution is -2.30. The van der Waals surface area contributed by atoms with Gasteiger partial charge in [-0.2, -0.15) is 4.98 Å². The SMILES string of the molecule is CCCCOC(=O)C1=C(C)Nc2nc(SCc3ccccc3Cl)nn2C1c1cc(Br)c(OCc2ccc(C(C)(C)C)cc2)c(OC)c1. The molecule has 8 nitrogen and oxygen atoms in total. The molecule has 0 aliphatic carbocycles. The molecule has 0 amide bonds. The Kier molecular flexibility index (Phi) is 11.3. The van der Waals surface area contributed by atoms with E-state index in [1.807, 2.05) is 43.3 Å². The normalized spacial score (nSPS) is 14.4. The Hall–Kier alpha value is -3.47. The van der Waals surface area contributed by atoms with Crippen molar-refractivity contribution in [3.05, 3.63) is 104 Å². The number of ether oxygens (including phenoxy) is 3. The zero-order valence-corrected chi connectivity index (χ0v) is 30.7. The maximum absolute atomic E-state index is 13.6. The van der Waals surface area contributed by atoms with Gasteiger partial charge in [0.1, 0.15) is 12.6 Å². The van der Waals surface area contributed by atoms with Crippen LogP contribution in [0.15, 0.2) is 81.6 Å². The number of hydrogen-bond acceptors (Lipinski definition) is 8. The number of nitrogens with zero attached hydrogens (tertiary/aromatic N) is 3. The van der Waals surface area contributed by atoms with Crippen LogP contribution in [0.5, 0.6) is 11.5 Å². The summed E-state index contributed by atoms with van der Waals surface area (Å²) in [5.41, 5.74) is 5.21. The molecule has 0 saturated heterocycles. The van der Waals surface area contributed by atoms with Gasteiger partial charge in [0.2, 0.25) is 11.1 Å². The molecule has 1 aliphatic heterocycles. The van der Waals surface area contributed by atoms with Crippen molar-refractivity contribution in [1.29, 1.82) is 0 Å². The van der Waals surface area contributed by atoms with Gasteiger partial charge in [-0.3, -0.25) is 0 Å². The van der Waals surface area contributed by atoms with Gasteiger partial charge in [0.15, 0.2) is 11.5 Å². The maximum Gasteiger partial charge on any atom is 0.338 e. The highest BCUT2D eigenvalue weighted by molar-refractivity contribution is 9.10. The predicted molar refractivity (Wildman–Crippen MR) is 192 cm³/mol. The molecule has 0 fully saturated rings. The van der Waals surface area contributed by atoms with Crippen molar-refractivity contribution in [1.82, 2.24) is 14.8 Å². The number of allylic oxidation sites excluding steroid dienone is 1. The Morgan fingerprint density at radius 3 is 2.55 bits per heavy atom. The van der Waals surface area contributed by atoms with E-state index in [2.05, 4.69) is 73.2 Å². The number of rotatable bonds is 12. The number of unbranched alkanes of at least 4 members (excludes halogenated alkanes) is 1. The van der Waals surface area contributed by atoms with Crippen LogP contribution in [0.25, 0.3) is 0 Å². The second-order valence-corrected chi connectivity index (χ2v) is 14.6. The summed E-state index contributed by atoms with van der Waals surface area (Å²) in [6.45, 7) is 11.2. The average molecular weight is 740 g/mol. The molecule has 0 bridgehead atoms. The lowest BCUT2D eigenvalue weighted by Gasteiger charge is -2.29. The number of fused-ring (bicyclic) bond motifs is 1. The Labute approximate surface area is 294 Å². The fourth-order valence-corrected chi connectivity index (χ4v) is 6.89. The largest absolute Gasteiger partial charge is 0.493 e. The zero-order chi connectivity index (χ0) is 33.7. The minimum Gasteiger partial charge on any atom is -0.493 e. The Morgan fingerprint density at radius 1 is 1.13 bits per heavy atom. The van der Waals surface area contributed by atoms with Crippen molar-refractivity contribution in [2.75, 3.05) is 19.0 Å². The number of nitrogens with one attached hydrogen (secondary N) is 1. The van der Waals surface area contributed by atoms with E-state index in [4.69, 9.17) is 35.9 Å². The first-order valence-corrected chi connectivity index (χ1v) is 17.7. The standard InChI is InChI=1S/C36H40BrClN4O4S/c1-7-8-17-45-33(43)30-22(2)39-34-40-35(47-21-24-11-9-10-12-28(24)38)41-42(34)31(30)25-18-27(37)32(29(19-25)44-6)46-20-23-13-15-26(16-14-23)36(3,4)5/h9-16,18-19,31H,7-8,17,20-21H2,1-6H3,(H,39,40,41). The van der Waals surface area contributed by atoms with E-state index >= 15 is 0 Å². The molecule has 47 heavy (non-hydrogen) atoms. The Morgan fingerprint density at radius 2 is 1.87 bits per heavy atom. The van der Waals surface area contributed by atoms with Gasteiger partial charge in [0.25, 0.3) is 0 Å². The summed E-state index contributed by atoms with van der Waals surface area (Å²) in [4.78, 5) is 18.4. The lowest BCUT2D eigenvalue weighted by molar-refractivity contribution is -0.139. The number of thioether (sulfide) groups is 1. The van der Waals surface area contributed by atoms with Crippen LogP contribution >= 0.6 is 39.3 Å². The molecular formula is C36H40BrClN4O4S. The molecule has 5 rings (SSSR count). The predicted octanol–water partition coefficient (Wildman–Crippen LogP) is 9.50. The van der Waals surface area contributed by atoms with Gasteiger partial charge in [-0.05, 0) is 75.1 Å². The number of carbonyl (C=O) groups excluding carboxylic acids is 1. The van der Waals surface area contributed by atoms with Gasteiger partial charge in [-0.25, -0.2) is 9.48 Å². The third-order valence-electron chi connectivity index (χ3n) is 7.87. The Bertz CT molecular complexity index is 1770. The monoisotopic (exact) mass is 738 g/mol. The van der Waals surface area contributed by atoms with E-state index in [1.54, 1.807) is 11.8 Å². The van der Waals surface area contributed by atoms with Crippen LogP contribution in [0.3, 0.4) is 0 Å². The van der Waals surface area contributed by atoms with Crippen LogP contribution in [0.2, 0.25) is 5.02 Å². The molecule has 248 valence electrons. The van der Waals surface area contributed by atoms with Gasteiger partial charge < -0.3 is 19.5 Å². The summed E-state index contributed by atoms with van der Waals surface area (Å²) in [5.74, 6) is 1.79. The van der Waals surface area contributed by atoms with Crippen molar-refractivity contribution in [2.24, 2.45) is 0 Å². The number of carbonyl (C=O) groups is 1. The maximum atomic E-state index is 13.6. The fraction of sp³-hybridized carbons (Fsp3) is 0.361. The summed E-state index contributed by atoms with van der Waals surface area (Å²) in [5, 5.41) is 9.38. The van der Waals surface area contributed by atoms with Gasteiger partial charge in [-0.15, -0.1) is 5.10 Å². The number of anilines is 1. The second kappa shape index (κ2) is 15.2. The molecule has 2 heterocycles. The third kappa shape index (κ3) is 8.16. The number of halogens is 2. The zero-order valence-electron chi connectivity index (χ0n) is 27.5. The minimum absolute atomic E-state index is 0.0726. The average Bonchev–Trinajstić information content (AvgIpc) is 3.44. The van der Waals surface area contributed by atoms with Crippen LogP contribution in [-0.2, 0) is 27.3 Å². The summed E-state index contributed by atoms with van der Waals surface area (Å²) >= 11 is 11.6. The fourth-order valence-electron chi connectivity index (χ4n) is 5.20. The number of aromatic nitrogens is 3. The molecule has 1 N–H and O–H groups in total. The van der Waals surface area contributed by atoms with E-state index in [1.165, 1.54) is 17.3 Å². The summed E-state index contributed by atoms with van der Waals surface area (Å²) in [6.07, 6.45) is 1.69. The number of esters is 1. The number of methoxy groups -OCH3 is 1. The number of benzene rings is 3. The van der Waals surface area contributed by atoms with Gasteiger partial charge in [0.05, 0.1) is 23.8 Å². The highest BCUT2D eigenvalue weighted by atomic mass is 79.9. The molecular weight excluding hydrogens is 700 g/mol. The topological polar surface area (TPSA) is 87.5 Å². The van der Waals surface area contributed by atoms with Crippen LogP contribution in [0.1, 0.15) is 75.8 Å². The van der Waals surface area contributed by atoms with E-state index in [0.717, 1.165) is 29.5 Å². The first-order chi connectivity index (χ1) is 22.5. The molecule has 0 spiro atoms. The van der Waals surface area contributed by atoms with E-state index < -0.39 is 12.0 Å². The first-order valence-electron chi connectivity index (χ1n) is 15.6. The van der Waals surface area contributed by atoms with Crippen LogP contribution in [0.4, 0.5) is 5.95 Å². The van der Waals surface area contributed by atoms with E-state index in [0.29, 0.717) is 62.3 Å². The first kappa shape index (κ1) is 34.9. The molecule has 1 unspecified atom stereocenters. The lowest BCUT2D eigenvalue weighted by atomic mass is 9.87. The van der Waals surface area contributed by atoms with Gasteiger partial charge in [0, 0.05) is 16.5 Å². The second-order valence-electron chi connectivity index (χ2n) is 12.4. The smallest absolute Gasteiger partial charge is 0.338 e. The minimum atomic E-state index is -0.633. The van der Waals surface area contributed by atoms with Crippen molar-refractivity contribution >= 4 is 51.2 Å². The number of hydrogen-bond donors (Lipinski definition) is 1. The molecule has 4 aromatic rings. The van der Waals surface area contributed by atoms with E-state index in [9.17, 15) is 4.79 Å². The molecule has 1 atom stereocenters.